The highest BCUT2D eigenvalue weighted by Crippen LogP contribution is 2.18. The van der Waals surface area contributed by atoms with Gasteiger partial charge in [0.1, 0.15) is 4.99 Å². The van der Waals surface area contributed by atoms with Gasteiger partial charge in [0.05, 0.1) is 12.7 Å². The first-order chi connectivity index (χ1) is 9.38. The predicted octanol–water partition coefficient (Wildman–Crippen LogP) is 1.01. The zero-order valence-corrected chi connectivity index (χ0v) is 11.6. The molecule has 0 spiro atoms. The molecule has 0 fully saturated rings. The second-order valence-corrected chi connectivity index (χ2v) is 4.88. The standard InChI is InChI=1S/C12H9ClFN3O2S/c13-8-3-6(10(15)20)1-2-7(8)4-17-5-9(14)11(18)16-12(17)19/h1-3,5H,4H2,(H2,15,20)(H,16,18,19). The first kappa shape index (κ1) is 14.4. The summed E-state index contributed by atoms with van der Waals surface area (Å²) in [7, 11) is 0. The minimum Gasteiger partial charge on any atom is -0.389 e. The van der Waals surface area contributed by atoms with Gasteiger partial charge in [-0.05, 0) is 11.6 Å². The van der Waals surface area contributed by atoms with Gasteiger partial charge in [0.25, 0.3) is 5.56 Å². The normalized spacial score (nSPS) is 10.5. The van der Waals surface area contributed by atoms with Crippen LogP contribution in [0.15, 0.2) is 34.0 Å². The van der Waals surface area contributed by atoms with Gasteiger partial charge in [-0.15, -0.1) is 0 Å². The molecule has 1 heterocycles. The van der Waals surface area contributed by atoms with Gasteiger partial charge in [-0.1, -0.05) is 36.0 Å². The summed E-state index contributed by atoms with van der Waals surface area (Å²) in [5.74, 6) is -1.04. The van der Waals surface area contributed by atoms with Gasteiger partial charge >= 0.3 is 5.69 Å². The molecule has 0 aliphatic heterocycles. The van der Waals surface area contributed by atoms with E-state index in [0.29, 0.717) is 16.1 Å². The lowest BCUT2D eigenvalue weighted by Crippen LogP contribution is -2.31. The molecule has 0 saturated heterocycles. The van der Waals surface area contributed by atoms with Crippen LogP contribution in [0.4, 0.5) is 4.39 Å². The Morgan fingerprint density at radius 1 is 1.45 bits per heavy atom. The fraction of sp³-hybridized carbons (Fsp3) is 0.0833. The van der Waals surface area contributed by atoms with Crippen LogP contribution in [-0.4, -0.2) is 14.5 Å². The topological polar surface area (TPSA) is 80.9 Å². The maximum absolute atomic E-state index is 13.2. The minimum atomic E-state index is -1.05. The zero-order chi connectivity index (χ0) is 14.9. The Labute approximate surface area is 122 Å². The third-order valence-corrected chi connectivity index (χ3v) is 3.23. The first-order valence-corrected chi connectivity index (χ1v) is 6.24. The molecular formula is C12H9ClFN3O2S. The average Bonchev–Trinajstić information content (AvgIpc) is 2.37. The third-order valence-electron chi connectivity index (χ3n) is 2.65. The van der Waals surface area contributed by atoms with Crippen LogP contribution in [0, 0.1) is 5.82 Å². The predicted molar refractivity (Wildman–Crippen MR) is 77.7 cm³/mol. The lowest BCUT2D eigenvalue weighted by molar-refractivity contribution is 0.566. The molecular weight excluding hydrogens is 305 g/mol. The Morgan fingerprint density at radius 2 is 2.15 bits per heavy atom. The fourth-order valence-corrected chi connectivity index (χ4v) is 1.98. The van der Waals surface area contributed by atoms with E-state index in [2.05, 4.69) is 0 Å². The molecule has 1 aromatic carbocycles. The van der Waals surface area contributed by atoms with Gasteiger partial charge in [0.15, 0.2) is 0 Å². The molecule has 0 aliphatic rings. The van der Waals surface area contributed by atoms with Crippen molar-refractivity contribution in [2.45, 2.75) is 6.54 Å². The van der Waals surface area contributed by atoms with E-state index in [1.54, 1.807) is 18.2 Å². The van der Waals surface area contributed by atoms with Crippen molar-refractivity contribution in [3.8, 4) is 0 Å². The number of nitrogens with one attached hydrogen (secondary N) is 1. The van der Waals surface area contributed by atoms with Crippen molar-refractivity contribution in [1.82, 2.24) is 9.55 Å². The number of thiocarbonyl (C=S) groups is 1. The first-order valence-electron chi connectivity index (χ1n) is 5.46. The van der Waals surface area contributed by atoms with Crippen molar-refractivity contribution in [2.75, 3.05) is 0 Å². The van der Waals surface area contributed by atoms with Crippen molar-refractivity contribution in [2.24, 2.45) is 5.73 Å². The Kier molecular flexibility index (Phi) is 4.01. The monoisotopic (exact) mass is 313 g/mol. The number of hydrogen-bond donors (Lipinski definition) is 2. The molecule has 0 aliphatic carbocycles. The summed E-state index contributed by atoms with van der Waals surface area (Å²) >= 11 is 10.9. The second-order valence-electron chi connectivity index (χ2n) is 4.03. The summed E-state index contributed by atoms with van der Waals surface area (Å²) in [4.78, 5) is 24.5. The van der Waals surface area contributed by atoms with Crippen LogP contribution in [0.5, 0.6) is 0 Å². The second kappa shape index (κ2) is 5.56. The number of halogens is 2. The SMILES string of the molecule is NC(=S)c1ccc(Cn2cc(F)c(=O)[nH]c2=O)c(Cl)c1. The number of hydrogen-bond acceptors (Lipinski definition) is 3. The number of nitrogens with two attached hydrogens (primary N) is 1. The van der Waals surface area contributed by atoms with Gasteiger partial charge in [-0.3, -0.25) is 14.3 Å². The molecule has 0 saturated carbocycles. The quantitative estimate of drug-likeness (QED) is 0.829. The lowest BCUT2D eigenvalue weighted by Gasteiger charge is -2.08. The van der Waals surface area contributed by atoms with E-state index < -0.39 is 17.1 Å². The number of benzene rings is 1. The molecule has 0 radical (unpaired) electrons. The number of nitrogens with zero attached hydrogens (tertiary/aromatic N) is 1. The van der Waals surface area contributed by atoms with Crippen LogP contribution in [0.2, 0.25) is 5.02 Å². The van der Waals surface area contributed by atoms with E-state index in [-0.39, 0.29) is 11.5 Å². The van der Waals surface area contributed by atoms with Gasteiger partial charge in [-0.25, -0.2) is 4.79 Å². The summed E-state index contributed by atoms with van der Waals surface area (Å²) in [6.45, 7) is 0.0168. The van der Waals surface area contributed by atoms with Crippen LogP contribution in [0.1, 0.15) is 11.1 Å². The molecule has 2 rings (SSSR count). The molecule has 8 heteroatoms. The molecule has 20 heavy (non-hydrogen) atoms. The van der Waals surface area contributed by atoms with E-state index >= 15 is 0 Å². The smallest absolute Gasteiger partial charge is 0.328 e. The number of aromatic nitrogens is 2. The zero-order valence-electron chi connectivity index (χ0n) is 10.0. The summed E-state index contributed by atoms with van der Waals surface area (Å²) in [5.41, 5.74) is 4.86. The Hall–Kier alpha value is -1.99. The van der Waals surface area contributed by atoms with Gasteiger partial charge in [0, 0.05) is 10.6 Å². The summed E-state index contributed by atoms with van der Waals surface area (Å²) < 4.78 is 14.2. The van der Waals surface area contributed by atoms with Crippen LogP contribution in [-0.2, 0) is 6.54 Å². The Bertz CT molecular complexity index is 800. The molecule has 104 valence electrons. The number of rotatable bonds is 3. The molecule has 0 amide bonds. The van der Waals surface area contributed by atoms with E-state index in [9.17, 15) is 14.0 Å². The van der Waals surface area contributed by atoms with Gasteiger partial charge in [-0.2, -0.15) is 4.39 Å². The van der Waals surface area contributed by atoms with Crippen molar-refractivity contribution in [1.29, 1.82) is 0 Å². The third kappa shape index (κ3) is 2.94. The highest BCUT2D eigenvalue weighted by molar-refractivity contribution is 7.80. The Balaban J connectivity index is 2.40. The maximum Gasteiger partial charge on any atom is 0.328 e. The number of aromatic amines is 1. The van der Waals surface area contributed by atoms with Crippen molar-refractivity contribution in [3.63, 3.8) is 0 Å². The summed E-state index contributed by atoms with van der Waals surface area (Å²) in [6.07, 6.45) is 0.832. The molecule has 0 bridgehead atoms. The minimum absolute atomic E-state index is 0.0168. The highest BCUT2D eigenvalue weighted by atomic mass is 35.5. The van der Waals surface area contributed by atoms with E-state index in [0.717, 1.165) is 10.8 Å². The van der Waals surface area contributed by atoms with E-state index in [1.807, 2.05) is 4.98 Å². The molecule has 0 atom stereocenters. The molecule has 0 unspecified atom stereocenters. The Morgan fingerprint density at radius 3 is 2.75 bits per heavy atom. The van der Waals surface area contributed by atoms with Crippen molar-refractivity contribution < 1.29 is 4.39 Å². The average molecular weight is 314 g/mol. The lowest BCUT2D eigenvalue weighted by atomic mass is 10.1. The van der Waals surface area contributed by atoms with Crippen LogP contribution in [0.3, 0.4) is 0 Å². The van der Waals surface area contributed by atoms with Crippen molar-refractivity contribution >= 4 is 28.8 Å². The van der Waals surface area contributed by atoms with Gasteiger partial charge in [0.2, 0.25) is 5.82 Å². The van der Waals surface area contributed by atoms with Crippen molar-refractivity contribution in [3.05, 3.63) is 67.2 Å². The highest BCUT2D eigenvalue weighted by Gasteiger charge is 2.08. The van der Waals surface area contributed by atoms with Gasteiger partial charge < -0.3 is 5.73 Å². The fourth-order valence-electron chi connectivity index (χ4n) is 1.61. The van der Waals surface area contributed by atoms with E-state index in [1.165, 1.54) is 0 Å². The molecule has 5 nitrogen and oxygen atoms in total. The maximum atomic E-state index is 13.2. The van der Waals surface area contributed by atoms with Crippen LogP contribution < -0.4 is 17.0 Å². The van der Waals surface area contributed by atoms with Crippen LogP contribution in [0.25, 0.3) is 0 Å². The summed E-state index contributed by atoms with van der Waals surface area (Å²) in [5, 5.41) is 0.341. The largest absolute Gasteiger partial charge is 0.389 e. The van der Waals surface area contributed by atoms with Crippen LogP contribution >= 0.6 is 23.8 Å². The molecule has 3 N–H and O–H groups in total. The molecule has 2 aromatic rings. The van der Waals surface area contributed by atoms with E-state index in [4.69, 9.17) is 29.6 Å². The molecule has 1 aromatic heterocycles. The summed E-state index contributed by atoms with van der Waals surface area (Å²) in [6, 6.07) is 4.84. The number of H-pyrrole nitrogens is 1.